The number of anilines is 1. The van der Waals surface area contributed by atoms with Gasteiger partial charge in [0.2, 0.25) is 0 Å². The number of rotatable bonds is 3. The van der Waals surface area contributed by atoms with Crippen LogP contribution in [0.15, 0.2) is 30.3 Å². The molecule has 7 heteroatoms. The zero-order valence-electron chi connectivity index (χ0n) is 11.1. The number of fused-ring (bicyclic) bond motifs is 1. The van der Waals surface area contributed by atoms with Crippen LogP contribution in [0.3, 0.4) is 0 Å². The van der Waals surface area contributed by atoms with Crippen LogP contribution < -0.4 is 4.90 Å². The largest absolute Gasteiger partial charge is 0.480 e. The number of hydrogen-bond donors (Lipinski definition) is 1. The number of hydrogen-bond acceptors (Lipinski definition) is 5. The van der Waals surface area contributed by atoms with Gasteiger partial charge < -0.3 is 10.0 Å². The molecule has 0 saturated carbocycles. The maximum absolute atomic E-state index is 11.2. The van der Waals surface area contributed by atoms with E-state index in [1.165, 1.54) is 12.1 Å². The number of nitro groups is 1. The topological polar surface area (TPSA) is 96.6 Å². The van der Waals surface area contributed by atoms with Crippen molar-refractivity contribution in [2.45, 2.75) is 18.9 Å². The van der Waals surface area contributed by atoms with Gasteiger partial charge in [0.15, 0.2) is 0 Å². The van der Waals surface area contributed by atoms with Gasteiger partial charge >= 0.3 is 5.97 Å². The van der Waals surface area contributed by atoms with Gasteiger partial charge in [-0.05, 0) is 31.0 Å². The molecule has 0 bridgehead atoms. The number of carboxylic acids is 1. The van der Waals surface area contributed by atoms with Gasteiger partial charge in [-0.2, -0.15) is 0 Å². The van der Waals surface area contributed by atoms with E-state index >= 15 is 0 Å². The quantitative estimate of drug-likeness (QED) is 0.686. The number of aromatic nitrogens is 1. The maximum Gasteiger partial charge on any atom is 0.326 e. The second-order valence-corrected chi connectivity index (χ2v) is 4.99. The predicted octanol–water partition coefficient (Wildman–Crippen LogP) is 2.20. The van der Waals surface area contributed by atoms with Crippen LogP contribution in [0, 0.1) is 10.1 Å². The Balaban J connectivity index is 1.99. The van der Waals surface area contributed by atoms with Crippen LogP contribution in [0.1, 0.15) is 12.8 Å². The number of nitrogens with zero attached hydrogens (tertiary/aromatic N) is 3. The van der Waals surface area contributed by atoms with Crippen molar-refractivity contribution >= 4 is 28.4 Å². The second-order valence-electron chi connectivity index (χ2n) is 4.99. The van der Waals surface area contributed by atoms with Crippen molar-refractivity contribution < 1.29 is 14.8 Å². The molecule has 7 nitrogen and oxygen atoms in total. The van der Waals surface area contributed by atoms with Gasteiger partial charge in [-0.15, -0.1) is 0 Å². The standard InChI is InChI=1S/C14H13N3O4/c18-14(19)12-2-1-7-16(12)13-6-3-9-8-10(17(20)21)4-5-11(9)15-13/h3-6,8,12H,1-2,7H2,(H,18,19). The third-order valence-electron chi connectivity index (χ3n) is 3.70. The summed E-state index contributed by atoms with van der Waals surface area (Å²) in [5.41, 5.74) is 0.635. The zero-order valence-corrected chi connectivity index (χ0v) is 11.1. The fraction of sp³-hybridized carbons (Fsp3) is 0.286. The van der Waals surface area contributed by atoms with Crippen LogP contribution in [0.2, 0.25) is 0 Å². The van der Waals surface area contributed by atoms with Gasteiger partial charge in [0, 0.05) is 24.1 Å². The summed E-state index contributed by atoms with van der Waals surface area (Å²) in [6.45, 7) is 0.655. The lowest BCUT2D eigenvalue weighted by atomic mass is 10.2. The molecule has 1 aromatic heterocycles. The summed E-state index contributed by atoms with van der Waals surface area (Å²) < 4.78 is 0. The summed E-state index contributed by atoms with van der Waals surface area (Å²) in [5, 5.41) is 20.6. The van der Waals surface area contributed by atoms with E-state index in [0.29, 0.717) is 29.7 Å². The molecular formula is C14H13N3O4. The van der Waals surface area contributed by atoms with E-state index in [-0.39, 0.29) is 5.69 Å². The van der Waals surface area contributed by atoms with Crippen molar-refractivity contribution in [2.24, 2.45) is 0 Å². The Kier molecular flexibility index (Phi) is 3.17. The van der Waals surface area contributed by atoms with Gasteiger partial charge in [-0.3, -0.25) is 10.1 Å². The zero-order chi connectivity index (χ0) is 15.0. The Hall–Kier alpha value is -2.70. The molecule has 0 amide bonds. The smallest absolute Gasteiger partial charge is 0.326 e. The van der Waals surface area contributed by atoms with Crippen molar-refractivity contribution in [3.8, 4) is 0 Å². The first-order valence-corrected chi connectivity index (χ1v) is 6.61. The summed E-state index contributed by atoms with van der Waals surface area (Å²) in [6, 6.07) is 7.36. The number of aliphatic carboxylic acids is 1. The minimum Gasteiger partial charge on any atom is -0.480 e. The number of benzene rings is 1. The van der Waals surface area contributed by atoms with Crippen LogP contribution in [-0.4, -0.2) is 33.6 Å². The molecule has 2 aromatic rings. The van der Waals surface area contributed by atoms with E-state index < -0.39 is 16.9 Å². The molecule has 1 aliphatic heterocycles. The third kappa shape index (κ3) is 2.37. The molecule has 0 spiro atoms. The van der Waals surface area contributed by atoms with Gasteiger partial charge in [0.1, 0.15) is 11.9 Å². The fourth-order valence-corrected chi connectivity index (χ4v) is 2.67. The predicted molar refractivity (Wildman–Crippen MR) is 76.4 cm³/mol. The fourth-order valence-electron chi connectivity index (χ4n) is 2.67. The van der Waals surface area contributed by atoms with E-state index in [0.717, 1.165) is 6.42 Å². The monoisotopic (exact) mass is 287 g/mol. The molecule has 0 radical (unpaired) electrons. The highest BCUT2D eigenvalue weighted by atomic mass is 16.6. The van der Waals surface area contributed by atoms with Crippen LogP contribution in [0.4, 0.5) is 11.5 Å². The Morgan fingerprint density at radius 3 is 2.90 bits per heavy atom. The third-order valence-corrected chi connectivity index (χ3v) is 3.70. The molecule has 1 saturated heterocycles. The first-order chi connectivity index (χ1) is 10.1. The Morgan fingerprint density at radius 1 is 1.38 bits per heavy atom. The minimum atomic E-state index is -0.849. The first kappa shape index (κ1) is 13.3. The molecule has 2 heterocycles. The second kappa shape index (κ2) is 5.01. The lowest BCUT2D eigenvalue weighted by Gasteiger charge is -2.22. The molecule has 21 heavy (non-hydrogen) atoms. The molecule has 1 fully saturated rings. The molecule has 1 atom stereocenters. The van der Waals surface area contributed by atoms with Gasteiger partial charge in [0.25, 0.3) is 5.69 Å². The molecule has 3 rings (SSSR count). The van der Waals surface area contributed by atoms with Crippen LogP contribution in [-0.2, 0) is 4.79 Å². The van der Waals surface area contributed by atoms with Crippen molar-refractivity contribution in [1.29, 1.82) is 0 Å². The summed E-state index contributed by atoms with van der Waals surface area (Å²) in [6.07, 6.45) is 1.42. The molecular weight excluding hydrogens is 274 g/mol. The summed E-state index contributed by atoms with van der Waals surface area (Å²) in [4.78, 5) is 27.7. The Bertz CT molecular complexity index is 731. The van der Waals surface area contributed by atoms with Crippen molar-refractivity contribution in [1.82, 2.24) is 4.98 Å². The van der Waals surface area contributed by atoms with Gasteiger partial charge in [-0.1, -0.05) is 0 Å². The Labute approximate surface area is 120 Å². The normalized spacial score (nSPS) is 18.1. The highest BCUT2D eigenvalue weighted by Gasteiger charge is 2.31. The summed E-state index contributed by atoms with van der Waals surface area (Å²) >= 11 is 0. The number of non-ortho nitro benzene ring substituents is 1. The number of pyridine rings is 1. The van der Waals surface area contributed by atoms with Crippen LogP contribution in [0.5, 0.6) is 0 Å². The highest BCUT2D eigenvalue weighted by Crippen LogP contribution is 2.27. The van der Waals surface area contributed by atoms with E-state index in [4.69, 9.17) is 0 Å². The summed E-state index contributed by atoms with van der Waals surface area (Å²) in [7, 11) is 0. The lowest BCUT2D eigenvalue weighted by molar-refractivity contribution is -0.384. The average Bonchev–Trinajstić information content (AvgIpc) is 2.95. The highest BCUT2D eigenvalue weighted by molar-refractivity contribution is 5.84. The molecule has 0 aliphatic carbocycles. The maximum atomic E-state index is 11.2. The van der Waals surface area contributed by atoms with Gasteiger partial charge in [-0.25, -0.2) is 9.78 Å². The number of carboxylic acid groups (broad SMARTS) is 1. The SMILES string of the molecule is O=C(O)C1CCCN1c1ccc2cc([N+](=O)[O-])ccc2n1. The van der Waals surface area contributed by atoms with Crippen molar-refractivity contribution in [2.75, 3.05) is 11.4 Å². The number of carbonyl (C=O) groups is 1. The average molecular weight is 287 g/mol. The van der Waals surface area contributed by atoms with Crippen molar-refractivity contribution in [3.63, 3.8) is 0 Å². The van der Waals surface area contributed by atoms with Crippen molar-refractivity contribution in [3.05, 3.63) is 40.4 Å². The molecule has 1 aliphatic rings. The molecule has 1 aromatic carbocycles. The van der Waals surface area contributed by atoms with Crippen LogP contribution in [0.25, 0.3) is 10.9 Å². The van der Waals surface area contributed by atoms with Crippen LogP contribution >= 0.6 is 0 Å². The van der Waals surface area contributed by atoms with E-state index in [2.05, 4.69) is 4.98 Å². The van der Waals surface area contributed by atoms with E-state index in [1.54, 1.807) is 23.1 Å². The first-order valence-electron chi connectivity index (χ1n) is 6.61. The van der Waals surface area contributed by atoms with E-state index in [1.807, 2.05) is 0 Å². The lowest BCUT2D eigenvalue weighted by Crippen LogP contribution is -2.36. The van der Waals surface area contributed by atoms with E-state index in [9.17, 15) is 20.0 Å². The molecule has 1 unspecified atom stereocenters. The Morgan fingerprint density at radius 2 is 2.19 bits per heavy atom. The van der Waals surface area contributed by atoms with Gasteiger partial charge in [0.05, 0.1) is 10.4 Å². The minimum absolute atomic E-state index is 0.0154. The molecule has 1 N–H and O–H groups in total. The number of nitro benzene ring substituents is 1. The summed E-state index contributed by atoms with van der Waals surface area (Å²) in [5.74, 6) is -0.251. The molecule has 108 valence electrons.